The summed E-state index contributed by atoms with van der Waals surface area (Å²) < 4.78 is 20.7. The highest BCUT2D eigenvalue weighted by Gasteiger charge is 2.23. The van der Waals surface area contributed by atoms with E-state index in [4.69, 9.17) is 10.8 Å². The van der Waals surface area contributed by atoms with E-state index in [-0.39, 0.29) is 17.2 Å². The summed E-state index contributed by atoms with van der Waals surface area (Å²) >= 11 is 0. The number of halogens is 1. The second-order valence-corrected chi connectivity index (χ2v) is 5.79. The highest BCUT2D eigenvalue weighted by atomic mass is 19.1. The van der Waals surface area contributed by atoms with Gasteiger partial charge in [0.25, 0.3) is 0 Å². The summed E-state index contributed by atoms with van der Waals surface area (Å²) in [5.74, 6) is -0.879. The van der Waals surface area contributed by atoms with E-state index in [1.807, 2.05) is 11.8 Å². The summed E-state index contributed by atoms with van der Waals surface area (Å²) in [7, 11) is 0. The summed E-state index contributed by atoms with van der Waals surface area (Å²) in [5, 5.41) is 8.81. The Kier molecular flexibility index (Phi) is 4.15. The molecule has 2 aromatic rings. The number of hydrogen-bond donors (Lipinski definition) is 2. The number of rotatable bonds is 3. The number of aromatic nitrogens is 1. The second-order valence-electron chi connectivity index (χ2n) is 5.79. The monoisotopic (exact) mass is 335 g/mol. The molecule has 1 saturated heterocycles. The van der Waals surface area contributed by atoms with Crippen LogP contribution in [0.25, 0.3) is 10.9 Å². The first-order valence-electron chi connectivity index (χ1n) is 7.68. The first-order valence-corrected chi connectivity index (χ1v) is 7.68. The Balaban J connectivity index is 2.19. The maximum Gasteiger partial charge on any atom is 0.511 e. The lowest BCUT2D eigenvalue weighted by atomic mass is 10.1. The van der Waals surface area contributed by atoms with Crippen molar-refractivity contribution in [1.82, 2.24) is 4.57 Å². The van der Waals surface area contributed by atoms with Crippen molar-refractivity contribution >= 4 is 22.7 Å². The molecule has 2 heterocycles. The SMILES string of the molecule is CCn1cc(OC(=O)O)c(=O)c2cc(F)c(N3CCC(N)C3)cc21. The van der Waals surface area contributed by atoms with E-state index in [1.54, 1.807) is 10.6 Å². The summed E-state index contributed by atoms with van der Waals surface area (Å²) in [6.45, 7) is 3.51. The molecule has 1 aromatic carbocycles. The zero-order chi connectivity index (χ0) is 17.4. The van der Waals surface area contributed by atoms with Crippen LogP contribution < -0.4 is 20.8 Å². The fraction of sp³-hybridized carbons (Fsp3) is 0.375. The zero-order valence-corrected chi connectivity index (χ0v) is 13.2. The lowest BCUT2D eigenvalue weighted by Crippen LogP contribution is -2.27. The van der Waals surface area contributed by atoms with E-state index in [0.717, 1.165) is 12.5 Å². The third-order valence-electron chi connectivity index (χ3n) is 4.22. The molecule has 128 valence electrons. The van der Waals surface area contributed by atoms with Crippen LogP contribution in [0.4, 0.5) is 14.9 Å². The van der Waals surface area contributed by atoms with E-state index < -0.39 is 17.4 Å². The highest BCUT2D eigenvalue weighted by molar-refractivity contribution is 5.85. The van der Waals surface area contributed by atoms with Crippen molar-refractivity contribution in [3.63, 3.8) is 0 Å². The van der Waals surface area contributed by atoms with Crippen LogP contribution in [0, 0.1) is 5.82 Å². The van der Waals surface area contributed by atoms with E-state index in [0.29, 0.717) is 30.8 Å². The maximum atomic E-state index is 14.5. The molecule has 1 aromatic heterocycles. The number of benzene rings is 1. The third kappa shape index (κ3) is 2.80. The Morgan fingerprint density at radius 1 is 1.50 bits per heavy atom. The normalized spacial score (nSPS) is 17.5. The number of aryl methyl sites for hydroxylation is 1. The van der Waals surface area contributed by atoms with Gasteiger partial charge in [-0.3, -0.25) is 4.79 Å². The van der Waals surface area contributed by atoms with E-state index in [9.17, 15) is 14.0 Å². The number of fused-ring (bicyclic) bond motifs is 1. The van der Waals surface area contributed by atoms with Gasteiger partial charge in [0.1, 0.15) is 5.82 Å². The van der Waals surface area contributed by atoms with Crippen molar-refractivity contribution in [3.8, 4) is 5.75 Å². The number of carbonyl (C=O) groups is 1. The largest absolute Gasteiger partial charge is 0.511 e. The molecule has 3 rings (SSSR count). The van der Waals surface area contributed by atoms with Crippen molar-refractivity contribution in [2.45, 2.75) is 25.9 Å². The molecule has 0 amide bonds. The number of carboxylic acid groups (broad SMARTS) is 1. The summed E-state index contributed by atoms with van der Waals surface area (Å²) in [4.78, 5) is 24.9. The smallest absolute Gasteiger partial charge is 0.449 e. The Morgan fingerprint density at radius 2 is 2.25 bits per heavy atom. The third-order valence-corrected chi connectivity index (χ3v) is 4.22. The Labute approximate surface area is 137 Å². The molecule has 0 radical (unpaired) electrons. The topological polar surface area (TPSA) is 97.8 Å². The van der Waals surface area contributed by atoms with Crippen LogP contribution in [0.15, 0.2) is 23.1 Å². The second kappa shape index (κ2) is 6.12. The quantitative estimate of drug-likeness (QED) is 0.830. The van der Waals surface area contributed by atoms with Gasteiger partial charge in [0.2, 0.25) is 5.43 Å². The molecule has 1 atom stereocenters. The average molecular weight is 335 g/mol. The van der Waals surface area contributed by atoms with Gasteiger partial charge in [-0.2, -0.15) is 0 Å². The molecule has 1 aliphatic heterocycles. The molecule has 7 nitrogen and oxygen atoms in total. The van der Waals surface area contributed by atoms with Crippen molar-refractivity contribution in [3.05, 3.63) is 34.4 Å². The molecule has 1 fully saturated rings. The van der Waals surface area contributed by atoms with E-state index in [1.165, 1.54) is 6.20 Å². The molecule has 0 saturated carbocycles. The Morgan fingerprint density at radius 3 is 2.83 bits per heavy atom. The number of ether oxygens (including phenoxy) is 1. The van der Waals surface area contributed by atoms with Crippen molar-refractivity contribution < 1.29 is 19.0 Å². The van der Waals surface area contributed by atoms with Gasteiger partial charge >= 0.3 is 6.16 Å². The van der Waals surface area contributed by atoms with Crippen LogP contribution >= 0.6 is 0 Å². The Hall–Kier alpha value is -2.61. The molecule has 8 heteroatoms. The fourth-order valence-corrected chi connectivity index (χ4v) is 3.05. The van der Waals surface area contributed by atoms with Gasteiger partial charge in [0.15, 0.2) is 5.75 Å². The summed E-state index contributed by atoms with van der Waals surface area (Å²) in [6, 6.07) is 2.75. The minimum absolute atomic E-state index is 0.000178. The van der Waals surface area contributed by atoms with Crippen molar-refractivity contribution in [2.24, 2.45) is 5.73 Å². The zero-order valence-electron chi connectivity index (χ0n) is 13.2. The van der Waals surface area contributed by atoms with Gasteiger partial charge in [-0.1, -0.05) is 0 Å². The number of anilines is 1. The predicted molar refractivity (Wildman–Crippen MR) is 87.3 cm³/mol. The van der Waals surface area contributed by atoms with Crippen molar-refractivity contribution in [1.29, 1.82) is 0 Å². The lowest BCUT2D eigenvalue weighted by molar-refractivity contribution is 0.144. The van der Waals surface area contributed by atoms with Crippen molar-refractivity contribution in [2.75, 3.05) is 18.0 Å². The van der Waals surface area contributed by atoms with Gasteiger partial charge in [-0.15, -0.1) is 0 Å². The first kappa shape index (κ1) is 16.3. The molecular formula is C16H18FN3O4. The number of nitrogens with two attached hydrogens (primary N) is 1. The maximum absolute atomic E-state index is 14.5. The van der Waals surface area contributed by atoms with Gasteiger partial charge in [0.05, 0.1) is 22.8 Å². The molecule has 1 aliphatic rings. The molecule has 0 bridgehead atoms. The van der Waals surface area contributed by atoms with Gasteiger partial charge in [-0.05, 0) is 25.5 Å². The van der Waals surface area contributed by atoms with Crippen LogP contribution in [0.2, 0.25) is 0 Å². The van der Waals surface area contributed by atoms with E-state index in [2.05, 4.69) is 4.74 Å². The predicted octanol–water partition coefficient (Wildman–Crippen LogP) is 1.75. The molecule has 24 heavy (non-hydrogen) atoms. The number of nitrogens with zero attached hydrogens (tertiary/aromatic N) is 2. The average Bonchev–Trinajstić information content (AvgIpc) is 2.95. The molecule has 0 spiro atoms. The van der Waals surface area contributed by atoms with Gasteiger partial charge in [-0.25, -0.2) is 9.18 Å². The van der Waals surface area contributed by atoms with Crippen LogP contribution in [0.3, 0.4) is 0 Å². The fourth-order valence-electron chi connectivity index (χ4n) is 3.05. The number of hydrogen-bond acceptors (Lipinski definition) is 5. The lowest BCUT2D eigenvalue weighted by Gasteiger charge is -2.20. The molecule has 0 aliphatic carbocycles. The Bertz CT molecular complexity index is 865. The standard InChI is InChI=1S/C16H18FN3O4/c1-2-19-8-14(24-16(22)23)15(21)10-5-11(17)13(6-12(10)19)20-4-3-9(18)7-20/h5-6,8-9H,2-4,7,18H2,1H3,(H,22,23). The van der Waals surface area contributed by atoms with Gasteiger partial charge in [0, 0.05) is 25.7 Å². The van der Waals surface area contributed by atoms with Crippen LogP contribution in [-0.4, -0.2) is 35.0 Å². The summed E-state index contributed by atoms with van der Waals surface area (Å²) in [5.41, 5.74) is 6.15. The molecular weight excluding hydrogens is 317 g/mol. The minimum Gasteiger partial charge on any atom is -0.449 e. The molecule has 1 unspecified atom stereocenters. The first-order chi connectivity index (χ1) is 11.4. The summed E-state index contributed by atoms with van der Waals surface area (Å²) in [6.07, 6.45) is 0.525. The minimum atomic E-state index is -1.59. The van der Waals surface area contributed by atoms with Crippen LogP contribution in [-0.2, 0) is 6.54 Å². The highest BCUT2D eigenvalue weighted by Crippen LogP contribution is 2.28. The number of pyridine rings is 1. The molecule has 3 N–H and O–H groups in total. The van der Waals surface area contributed by atoms with E-state index >= 15 is 0 Å². The van der Waals surface area contributed by atoms with Crippen LogP contribution in [0.1, 0.15) is 13.3 Å². The van der Waals surface area contributed by atoms with Crippen LogP contribution in [0.5, 0.6) is 5.75 Å². The van der Waals surface area contributed by atoms with Gasteiger partial charge < -0.3 is 25.0 Å².